The maximum absolute atomic E-state index is 12.8. The summed E-state index contributed by atoms with van der Waals surface area (Å²) < 4.78 is 38.5. The van der Waals surface area contributed by atoms with Gasteiger partial charge in [-0.1, -0.05) is 11.6 Å². The number of halogens is 1. The first-order valence-electron chi connectivity index (χ1n) is 10.3. The van der Waals surface area contributed by atoms with E-state index in [0.717, 1.165) is 12.8 Å². The fourth-order valence-electron chi connectivity index (χ4n) is 3.31. The zero-order chi connectivity index (χ0) is 24.0. The van der Waals surface area contributed by atoms with Crippen LogP contribution < -0.4 is 14.8 Å². The highest BCUT2D eigenvalue weighted by Gasteiger charge is 2.24. The zero-order valence-corrected chi connectivity index (χ0v) is 19.9. The van der Waals surface area contributed by atoms with Crippen molar-refractivity contribution >= 4 is 39.1 Å². The lowest BCUT2D eigenvalue weighted by molar-refractivity contribution is -0.116. The van der Waals surface area contributed by atoms with Crippen molar-refractivity contribution in [2.45, 2.75) is 23.8 Å². The quantitative estimate of drug-likeness (QED) is 0.552. The normalized spacial score (nSPS) is 15.8. The second-order valence-corrected chi connectivity index (χ2v) is 9.71. The molecule has 2 amide bonds. The summed E-state index contributed by atoms with van der Waals surface area (Å²) in [5, 5.41) is 2.68. The number of hydrogen-bond donors (Lipinski definition) is 2. The van der Waals surface area contributed by atoms with Crippen LogP contribution in [0.15, 0.2) is 47.4 Å². The molecule has 0 spiro atoms. The Bertz CT molecular complexity index is 1100. The third-order valence-corrected chi connectivity index (χ3v) is 7.00. The fourth-order valence-corrected chi connectivity index (χ4v) is 4.90. The van der Waals surface area contributed by atoms with Gasteiger partial charge < -0.3 is 19.7 Å². The molecule has 1 heterocycles. The van der Waals surface area contributed by atoms with Crippen molar-refractivity contribution in [2.24, 2.45) is 0 Å². The molecule has 2 N–H and O–H groups in total. The van der Waals surface area contributed by atoms with Gasteiger partial charge in [0, 0.05) is 31.5 Å². The fraction of sp³-hybridized carbons (Fsp3) is 0.364. The average Bonchev–Trinajstić information content (AvgIpc) is 3.32. The van der Waals surface area contributed by atoms with Gasteiger partial charge in [-0.15, -0.1) is 0 Å². The molecule has 0 radical (unpaired) electrons. The molecule has 1 saturated heterocycles. The van der Waals surface area contributed by atoms with E-state index in [2.05, 4.69) is 10.0 Å². The number of ether oxygens (including phenoxy) is 2. The summed E-state index contributed by atoms with van der Waals surface area (Å²) in [7, 11) is -0.956. The Morgan fingerprint density at radius 3 is 2.58 bits per heavy atom. The third-order valence-electron chi connectivity index (χ3n) is 5.09. The zero-order valence-electron chi connectivity index (χ0n) is 18.3. The molecule has 0 saturated carbocycles. The lowest BCUT2D eigenvalue weighted by Gasteiger charge is -2.18. The molecule has 33 heavy (non-hydrogen) atoms. The Hall–Kier alpha value is -2.66. The molecule has 178 valence electrons. The number of carbonyl (C=O) groups is 2. The van der Waals surface area contributed by atoms with Gasteiger partial charge in [0.1, 0.15) is 10.6 Å². The summed E-state index contributed by atoms with van der Waals surface area (Å²) in [6, 6.07) is 10.7. The van der Waals surface area contributed by atoms with Crippen molar-refractivity contribution in [1.82, 2.24) is 9.62 Å². The molecule has 0 aromatic heterocycles. The van der Waals surface area contributed by atoms with Gasteiger partial charge in [0.25, 0.3) is 5.91 Å². The summed E-state index contributed by atoms with van der Waals surface area (Å²) in [5.41, 5.74) is 0.649. The van der Waals surface area contributed by atoms with Crippen LogP contribution in [0.25, 0.3) is 0 Å². The van der Waals surface area contributed by atoms with Gasteiger partial charge in [0.05, 0.1) is 24.8 Å². The van der Waals surface area contributed by atoms with Gasteiger partial charge in [-0.25, -0.2) is 13.1 Å². The minimum atomic E-state index is -3.95. The average molecular weight is 496 g/mol. The number of methoxy groups -OCH3 is 1. The van der Waals surface area contributed by atoms with Crippen LogP contribution in [0.1, 0.15) is 23.2 Å². The van der Waals surface area contributed by atoms with Crippen molar-refractivity contribution in [3.8, 4) is 5.75 Å². The van der Waals surface area contributed by atoms with E-state index in [9.17, 15) is 18.0 Å². The first-order chi connectivity index (χ1) is 15.7. The molecule has 0 aliphatic carbocycles. The van der Waals surface area contributed by atoms with Crippen LogP contribution >= 0.6 is 11.6 Å². The van der Waals surface area contributed by atoms with Gasteiger partial charge in [0.2, 0.25) is 15.9 Å². The largest absolute Gasteiger partial charge is 0.497 e. The molecular formula is C22H26ClN3O6S. The minimum Gasteiger partial charge on any atom is -0.497 e. The van der Waals surface area contributed by atoms with E-state index in [0.29, 0.717) is 18.0 Å². The maximum atomic E-state index is 12.8. The van der Waals surface area contributed by atoms with Crippen molar-refractivity contribution < 1.29 is 27.5 Å². The van der Waals surface area contributed by atoms with Crippen LogP contribution in [0.2, 0.25) is 5.02 Å². The second-order valence-electron chi connectivity index (χ2n) is 7.57. The Morgan fingerprint density at radius 1 is 1.21 bits per heavy atom. The predicted octanol–water partition coefficient (Wildman–Crippen LogP) is 2.52. The topological polar surface area (TPSA) is 114 Å². The Kier molecular flexibility index (Phi) is 8.30. The lowest BCUT2D eigenvalue weighted by atomic mass is 10.2. The highest BCUT2D eigenvalue weighted by atomic mass is 35.5. The van der Waals surface area contributed by atoms with Crippen LogP contribution in [0, 0.1) is 0 Å². The van der Waals surface area contributed by atoms with Gasteiger partial charge in [-0.3, -0.25) is 9.59 Å². The van der Waals surface area contributed by atoms with Crippen LogP contribution in [0.3, 0.4) is 0 Å². The molecule has 3 rings (SSSR count). The number of carbonyl (C=O) groups excluding carboxylic acids is 2. The molecule has 2 aromatic rings. The molecule has 0 unspecified atom stereocenters. The van der Waals surface area contributed by atoms with Gasteiger partial charge in [-0.05, 0) is 55.3 Å². The van der Waals surface area contributed by atoms with Crippen molar-refractivity contribution in [3.05, 3.63) is 53.1 Å². The first kappa shape index (κ1) is 25.0. The second kappa shape index (κ2) is 11.0. The molecule has 9 nitrogen and oxygen atoms in total. The Balaban J connectivity index is 1.65. The van der Waals surface area contributed by atoms with Crippen LogP contribution in [0.5, 0.6) is 5.75 Å². The van der Waals surface area contributed by atoms with E-state index < -0.39 is 21.8 Å². The smallest absolute Gasteiger partial charge is 0.254 e. The number of nitrogens with zero attached hydrogens (tertiary/aromatic N) is 1. The van der Waals surface area contributed by atoms with Crippen molar-refractivity contribution in [1.29, 1.82) is 0 Å². The Morgan fingerprint density at radius 2 is 1.94 bits per heavy atom. The molecular weight excluding hydrogens is 470 g/mol. The number of anilines is 1. The number of rotatable bonds is 9. The van der Waals surface area contributed by atoms with E-state index in [4.69, 9.17) is 21.1 Å². The van der Waals surface area contributed by atoms with Gasteiger partial charge in [0.15, 0.2) is 0 Å². The number of likely N-dealkylation sites (N-methyl/N-ethyl adjacent to an activating group) is 1. The lowest BCUT2D eigenvalue weighted by Crippen LogP contribution is -2.35. The Labute approximate surface area is 198 Å². The van der Waals surface area contributed by atoms with Crippen LogP contribution in [0.4, 0.5) is 5.69 Å². The summed E-state index contributed by atoms with van der Waals surface area (Å²) >= 11 is 6.11. The molecule has 1 fully saturated rings. The summed E-state index contributed by atoms with van der Waals surface area (Å²) in [6.45, 7) is 0.505. The SMILES string of the molecule is COc1ccc(NC(=O)CN(C)C(=O)c2ccc(Cl)c(S(=O)(=O)NC[C@H]3CCCO3)c2)cc1. The number of nitrogens with one attached hydrogen (secondary N) is 2. The predicted molar refractivity (Wildman–Crippen MR) is 124 cm³/mol. The van der Waals surface area contributed by atoms with Crippen LogP contribution in [-0.4, -0.2) is 65.1 Å². The highest BCUT2D eigenvalue weighted by molar-refractivity contribution is 7.89. The highest BCUT2D eigenvalue weighted by Crippen LogP contribution is 2.24. The van der Waals surface area contributed by atoms with Crippen molar-refractivity contribution in [2.75, 3.05) is 39.2 Å². The minimum absolute atomic E-state index is 0.00806. The summed E-state index contributed by atoms with van der Waals surface area (Å²) in [6.07, 6.45) is 1.48. The van der Waals surface area contributed by atoms with E-state index in [1.165, 1.54) is 30.1 Å². The number of benzene rings is 2. The van der Waals surface area contributed by atoms with Gasteiger partial charge >= 0.3 is 0 Å². The third kappa shape index (κ3) is 6.67. The molecule has 1 aliphatic heterocycles. The molecule has 11 heteroatoms. The molecule has 1 aliphatic rings. The van der Waals surface area contributed by atoms with E-state index in [-0.39, 0.29) is 34.7 Å². The maximum Gasteiger partial charge on any atom is 0.254 e. The monoisotopic (exact) mass is 495 g/mol. The molecule has 1 atom stereocenters. The summed E-state index contributed by atoms with van der Waals surface area (Å²) in [5.74, 6) is -0.276. The molecule has 2 aromatic carbocycles. The summed E-state index contributed by atoms with van der Waals surface area (Å²) in [4.78, 5) is 26.1. The number of sulfonamides is 1. The van der Waals surface area contributed by atoms with E-state index in [1.807, 2.05) is 0 Å². The molecule has 0 bridgehead atoms. The van der Waals surface area contributed by atoms with Crippen molar-refractivity contribution in [3.63, 3.8) is 0 Å². The van der Waals surface area contributed by atoms with E-state index in [1.54, 1.807) is 31.4 Å². The van der Waals surface area contributed by atoms with Crippen LogP contribution in [-0.2, 0) is 19.6 Å². The number of amides is 2. The van der Waals surface area contributed by atoms with Gasteiger partial charge in [-0.2, -0.15) is 0 Å². The van der Waals surface area contributed by atoms with E-state index >= 15 is 0 Å². The number of hydrogen-bond acceptors (Lipinski definition) is 6. The standard InChI is InChI=1S/C22H26ClN3O6S/c1-26(14-21(27)25-16-6-8-17(31-2)9-7-16)22(28)15-5-10-19(23)20(12-15)33(29,30)24-13-18-4-3-11-32-18/h5-10,12,18,24H,3-4,11,13-14H2,1-2H3,(H,25,27)/t18-/m1/s1. The first-order valence-corrected chi connectivity index (χ1v) is 12.2.